The van der Waals surface area contributed by atoms with Crippen molar-refractivity contribution in [3.63, 3.8) is 0 Å². The molecule has 0 saturated carbocycles. The number of ether oxygens (including phenoxy) is 1. The molecule has 1 aliphatic rings. The molecule has 1 saturated heterocycles. The lowest BCUT2D eigenvalue weighted by atomic mass is 9.81. The average Bonchev–Trinajstić information content (AvgIpc) is 3.33. The van der Waals surface area contributed by atoms with Crippen LogP contribution >= 0.6 is 0 Å². The summed E-state index contributed by atoms with van der Waals surface area (Å²) >= 11 is 0. The SMILES string of the molecule is CC(C)(C)[C@@H]1OCC[C@H]1c1noc(-c2ccnc(-c3ccco3)c2)n1. The third-order valence-corrected chi connectivity index (χ3v) is 4.50. The molecule has 0 aliphatic carbocycles. The summed E-state index contributed by atoms with van der Waals surface area (Å²) in [6.45, 7) is 7.26. The predicted octanol–water partition coefficient (Wildman–Crippen LogP) is 4.31. The molecule has 0 bridgehead atoms. The molecule has 6 heteroatoms. The molecule has 6 nitrogen and oxygen atoms in total. The molecule has 3 aromatic rings. The summed E-state index contributed by atoms with van der Waals surface area (Å²) in [5, 5.41) is 4.22. The molecular formula is C19H21N3O3. The van der Waals surface area contributed by atoms with E-state index in [-0.39, 0.29) is 17.4 Å². The molecule has 0 N–H and O–H groups in total. The van der Waals surface area contributed by atoms with Crippen molar-refractivity contribution in [2.75, 3.05) is 6.61 Å². The zero-order chi connectivity index (χ0) is 17.4. The largest absolute Gasteiger partial charge is 0.463 e. The Morgan fingerprint density at radius 3 is 2.84 bits per heavy atom. The number of hydrogen-bond acceptors (Lipinski definition) is 6. The van der Waals surface area contributed by atoms with Crippen LogP contribution in [0.15, 0.2) is 45.7 Å². The fourth-order valence-corrected chi connectivity index (χ4v) is 3.33. The third-order valence-electron chi connectivity index (χ3n) is 4.50. The quantitative estimate of drug-likeness (QED) is 0.708. The van der Waals surface area contributed by atoms with Gasteiger partial charge in [0.2, 0.25) is 0 Å². The van der Waals surface area contributed by atoms with Crippen molar-refractivity contribution < 1.29 is 13.7 Å². The van der Waals surface area contributed by atoms with E-state index in [0.29, 0.717) is 17.5 Å². The van der Waals surface area contributed by atoms with Crippen molar-refractivity contribution in [1.82, 2.24) is 15.1 Å². The fourth-order valence-electron chi connectivity index (χ4n) is 3.33. The molecule has 0 amide bonds. The van der Waals surface area contributed by atoms with Crippen LogP contribution in [0.3, 0.4) is 0 Å². The van der Waals surface area contributed by atoms with Crippen LogP contribution < -0.4 is 0 Å². The zero-order valence-electron chi connectivity index (χ0n) is 14.6. The average molecular weight is 339 g/mol. The molecule has 0 aromatic carbocycles. The standard InChI is InChI=1S/C19H21N3O3/c1-19(2,3)16-13(7-10-24-16)17-21-18(25-22-17)12-6-8-20-14(11-12)15-5-4-9-23-15/h4-6,8-9,11,13,16H,7,10H2,1-3H3/t13-,16-/m1/s1. The van der Waals surface area contributed by atoms with Gasteiger partial charge in [-0.05, 0) is 36.1 Å². The van der Waals surface area contributed by atoms with Crippen molar-refractivity contribution >= 4 is 0 Å². The molecule has 1 fully saturated rings. The molecule has 0 unspecified atom stereocenters. The lowest BCUT2D eigenvalue weighted by molar-refractivity contribution is 0.0193. The highest BCUT2D eigenvalue weighted by Crippen LogP contribution is 2.40. The van der Waals surface area contributed by atoms with Crippen LogP contribution in [0.1, 0.15) is 38.9 Å². The van der Waals surface area contributed by atoms with E-state index in [4.69, 9.17) is 13.7 Å². The zero-order valence-corrected chi connectivity index (χ0v) is 14.6. The molecule has 130 valence electrons. The first kappa shape index (κ1) is 16.0. The lowest BCUT2D eigenvalue weighted by Gasteiger charge is -2.29. The maximum atomic E-state index is 5.92. The highest BCUT2D eigenvalue weighted by atomic mass is 16.5. The van der Waals surface area contributed by atoms with Gasteiger partial charge in [-0.3, -0.25) is 4.98 Å². The first-order chi connectivity index (χ1) is 12.0. The Kier molecular flexibility index (Phi) is 3.92. The maximum absolute atomic E-state index is 5.92. The Balaban J connectivity index is 1.63. The first-order valence-corrected chi connectivity index (χ1v) is 8.48. The van der Waals surface area contributed by atoms with Gasteiger partial charge in [0.1, 0.15) is 5.69 Å². The summed E-state index contributed by atoms with van der Waals surface area (Å²) in [6.07, 6.45) is 4.35. The number of pyridine rings is 1. The second-order valence-corrected chi connectivity index (χ2v) is 7.42. The van der Waals surface area contributed by atoms with Crippen LogP contribution in [-0.2, 0) is 4.74 Å². The molecule has 2 atom stereocenters. The van der Waals surface area contributed by atoms with Crippen LogP contribution in [0.4, 0.5) is 0 Å². The van der Waals surface area contributed by atoms with Gasteiger partial charge in [0.15, 0.2) is 11.6 Å². The molecule has 3 aromatic heterocycles. The van der Waals surface area contributed by atoms with E-state index < -0.39 is 0 Å². The van der Waals surface area contributed by atoms with Crippen LogP contribution in [0.5, 0.6) is 0 Å². The molecular weight excluding hydrogens is 318 g/mol. The summed E-state index contributed by atoms with van der Waals surface area (Å²) in [5.74, 6) is 2.07. The second-order valence-electron chi connectivity index (χ2n) is 7.42. The monoisotopic (exact) mass is 339 g/mol. The van der Waals surface area contributed by atoms with Gasteiger partial charge < -0.3 is 13.7 Å². The number of aromatic nitrogens is 3. The number of hydrogen-bond donors (Lipinski definition) is 0. The Hall–Kier alpha value is -2.47. The minimum atomic E-state index is 0.0328. The van der Waals surface area contributed by atoms with Crippen LogP contribution in [0.2, 0.25) is 0 Å². The van der Waals surface area contributed by atoms with E-state index >= 15 is 0 Å². The van der Waals surface area contributed by atoms with Gasteiger partial charge >= 0.3 is 0 Å². The van der Waals surface area contributed by atoms with Crippen molar-refractivity contribution in [3.05, 3.63) is 42.5 Å². The van der Waals surface area contributed by atoms with E-state index in [2.05, 4.69) is 35.9 Å². The van der Waals surface area contributed by atoms with E-state index in [1.54, 1.807) is 12.5 Å². The predicted molar refractivity (Wildman–Crippen MR) is 91.8 cm³/mol. The molecule has 4 heterocycles. The maximum Gasteiger partial charge on any atom is 0.258 e. The van der Waals surface area contributed by atoms with E-state index in [1.165, 1.54) is 0 Å². The Bertz CT molecular complexity index is 849. The number of nitrogens with zero attached hydrogens (tertiary/aromatic N) is 3. The Morgan fingerprint density at radius 1 is 1.20 bits per heavy atom. The minimum Gasteiger partial charge on any atom is -0.463 e. The normalized spacial score (nSPS) is 20.9. The first-order valence-electron chi connectivity index (χ1n) is 8.48. The van der Waals surface area contributed by atoms with Crippen LogP contribution in [0, 0.1) is 5.41 Å². The molecule has 4 rings (SSSR count). The second kappa shape index (κ2) is 6.11. The van der Waals surface area contributed by atoms with Crippen molar-refractivity contribution in [2.45, 2.75) is 39.2 Å². The summed E-state index contributed by atoms with van der Waals surface area (Å²) in [5.41, 5.74) is 1.59. The molecule has 1 aliphatic heterocycles. The summed E-state index contributed by atoms with van der Waals surface area (Å²) in [6, 6.07) is 7.45. The van der Waals surface area contributed by atoms with E-state index in [0.717, 1.165) is 24.3 Å². The van der Waals surface area contributed by atoms with Gasteiger partial charge in [-0.15, -0.1) is 0 Å². The summed E-state index contributed by atoms with van der Waals surface area (Å²) in [4.78, 5) is 8.96. The van der Waals surface area contributed by atoms with Gasteiger partial charge in [0, 0.05) is 18.4 Å². The summed E-state index contributed by atoms with van der Waals surface area (Å²) in [7, 11) is 0. The lowest BCUT2D eigenvalue weighted by Crippen LogP contribution is -2.30. The van der Waals surface area contributed by atoms with E-state index in [1.807, 2.05) is 24.3 Å². The number of rotatable bonds is 3. The van der Waals surface area contributed by atoms with Crippen LogP contribution in [-0.4, -0.2) is 27.8 Å². The summed E-state index contributed by atoms with van der Waals surface area (Å²) < 4.78 is 16.8. The van der Waals surface area contributed by atoms with Gasteiger partial charge in [0.25, 0.3) is 5.89 Å². The fraction of sp³-hybridized carbons (Fsp3) is 0.421. The highest BCUT2D eigenvalue weighted by Gasteiger charge is 2.40. The molecule has 0 radical (unpaired) electrons. The topological polar surface area (TPSA) is 74.2 Å². The van der Waals surface area contributed by atoms with Crippen LogP contribution in [0.25, 0.3) is 22.9 Å². The van der Waals surface area contributed by atoms with Crippen molar-refractivity contribution in [2.24, 2.45) is 5.41 Å². The minimum absolute atomic E-state index is 0.0328. The Labute approximate surface area is 146 Å². The Morgan fingerprint density at radius 2 is 2.08 bits per heavy atom. The van der Waals surface area contributed by atoms with Gasteiger partial charge in [-0.1, -0.05) is 25.9 Å². The van der Waals surface area contributed by atoms with Gasteiger partial charge in [-0.2, -0.15) is 4.98 Å². The number of furan rings is 1. The van der Waals surface area contributed by atoms with E-state index in [9.17, 15) is 0 Å². The smallest absolute Gasteiger partial charge is 0.258 e. The molecule has 0 spiro atoms. The van der Waals surface area contributed by atoms with Crippen molar-refractivity contribution in [1.29, 1.82) is 0 Å². The van der Waals surface area contributed by atoms with Gasteiger partial charge in [-0.25, -0.2) is 0 Å². The third kappa shape index (κ3) is 3.09. The van der Waals surface area contributed by atoms with Crippen molar-refractivity contribution in [3.8, 4) is 22.9 Å². The highest BCUT2D eigenvalue weighted by molar-refractivity contribution is 5.62. The molecule has 25 heavy (non-hydrogen) atoms. The van der Waals surface area contributed by atoms with Gasteiger partial charge in [0.05, 0.1) is 18.3 Å².